The molecule has 1 aliphatic rings. The summed E-state index contributed by atoms with van der Waals surface area (Å²) in [5.41, 5.74) is -0.810. The summed E-state index contributed by atoms with van der Waals surface area (Å²) in [5, 5.41) is 8.93. The Morgan fingerprint density at radius 1 is 1.10 bits per heavy atom. The van der Waals surface area contributed by atoms with Crippen LogP contribution in [-0.4, -0.2) is 38.8 Å². The maximum Gasteiger partial charge on any atom is 0.416 e. The highest BCUT2D eigenvalue weighted by atomic mass is 32.1. The fourth-order valence-corrected chi connectivity index (χ4v) is 5.35. The van der Waals surface area contributed by atoms with E-state index in [1.165, 1.54) is 36.7 Å². The van der Waals surface area contributed by atoms with E-state index in [9.17, 15) is 22.8 Å². The number of ether oxygens (including phenoxy) is 1. The van der Waals surface area contributed by atoms with Crippen molar-refractivity contribution in [3.05, 3.63) is 54.4 Å². The second-order valence-electron chi connectivity index (χ2n) is 9.57. The summed E-state index contributed by atoms with van der Waals surface area (Å²) < 4.78 is 47.5. The molecule has 2 amide bonds. The van der Waals surface area contributed by atoms with Crippen LogP contribution in [0, 0.1) is 0 Å². The van der Waals surface area contributed by atoms with Crippen molar-refractivity contribution in [1.82, 2.24) is 20.3 Å². The third-order valence-corrected chi connectivity index (χ3v) is 7.45. The van der Waals surface area contributed by atoms with Crippen molar-refractivity contribution in [2.45, 2.75) is 44.8 Å². The molecule has 3 N–H and O–H groups in total. The number of para-hydroxylation sites is 1. The first-order valence-electron chi connectivity index (χ1n) is 12.5. The Morgan fingerprint density at radius 3 is 2.65 bits per heavy atom. The number of piperidine rings is 1. The molecule has 208 valence electrons. The van der Waals surface area contributed by atoms with Crippen molar-refractivity contribution < 1.29 is 27.5 Å². The van der Waals surface area contributed by atoms with E-state index in [2.05, 4.69) is 30.9 Å². The topological polar surface area (TPSA) is 118 Å². The van der Waals surface area contributed by atoms with Gasteiger partial charge in [-0.2, -0.15) is 13.2 Å². The number of carbonyl (C=O) groups excluding carboxylic acids is 2. The van der Waals surface area contributed by atoms with E-state index in [0.29, 0.717) is 29.4 Å². The Bertz CT molecular complexity index is 1580. The molecule has 2 aromatic heterocycles. The molecular formula is C27H25F3N6O3S. The van der Waals surface area contributed by atoms with E-state index in [1.54, 1.807) is 19.1 Å². The van der Waals surface area contributed by atoms with E-state index in [4.69, 9.17) is 4.74 Å². The summed E-state index contributed by atoms with van der Waals surface area (Å²) in [7, 11) is 0. The number of alkyl halides is 3. The van der Waals surface area contributed by atoms with Crippen LogP contribution in [0.25, 0.3) is 21.5 Å². The van der Waals surface area contributed by atoms with Crippen LogP contribution in [0.15, 0.2) is 48.8 Å². The predicted octanol–water partition coefficient (Wildman–Crippen LogP) is 5.99. The van der Waals surface area contributed by atoms with Crippen molar-refractivity contribution in [2.75, 3.05) is 17.2 Å². The fourth-order valence-electron chi connectivity index (χ4n) is 4.42. The number of benzene rings is 2. The first-order valence-corrected chi connectivity index (χ1v) is 13.3. The van der Waals surface area contributed by atoms with Crippen LogP contribution in [0.2, 0.25) is 0 Å². The van der Waals surface area contributed by atoms with Crippen LogP contribution in [-0.2, 0) is 15.8 Å². The molecule has 1 saturated heterocycles. The van der Waals surface area contributed by atoms with Gasteiger partial charge in [0.05, 0.1) is 27.2 Å². The minimum atomic E-state index is -4.60. The van der Waals surface area contributed by atoms with Crippen molar-refractivity contribution >= 4 is 44.2 Å². The molecule has 0 spiro atoms. The number of thiazole rings is 1. The SMILES string of the molecule is CC(=O)Nc1nc2c(Oc3cc(-c4ccc(C(F)(F)F)cc4NC(=O)[C@]4(C)CCCCN4)ncn3)cccc2s1. The molecule has 40 heavy (non-hydrogen) atoms. The summed E-state index contributed by atoms with van der Waals surface area (Å²) in [6.07, 6.45) is -1.07. The number of rotatable bonds is 6. The molecule has 9 nitrogen and oxygen atoms in total. The minimum absolute atomic E-state index is 0.0281. The monoisotopic (exact) mass is 570 g/mol. The van der Waals surface area contributed by atoms with Crippen LogP contribution in [0.5, 0.6) is 11.6 Å². The van der Waals surface area contributed by atoms with Crippen molar-refractivity contribution in [3.63, 3.8) is 0 Å². The Morgan fingerprint density at radius 2 is 1.93 bits per heavy atom. The molecule has 0 unspecified atom stereocenters. The van der Waals surface area contributed by atoms with Crippen LogP contribution >= 0.6 is 11.3 Å². The van der Waals surface area contributed by atoms with Crippen LogP contribution in [0.3, 0.4) is 0 Å². The van der Waals surface area contributed by atoms with Gasteiger partial charge in [-0.25, -0.2) is 15.0 Å². The number of anilines is 2. The van der Waals surface area contributed by atoms with Gasteiger partial charge in [0.2, 0.25) is 17.7 Å². The maximum absolute atomic E-state index is 13.6. The summed E-state index contributed by atoms with van der Waals surface area (Å²) >= 11 is 1.28. The standard InChI is InChI=1S/C27H25F3N6O3S/c1-15(37)34-25-36-23-20(6-5-7-21(23)40-25)39-22-13-18(31-14-32-22)17-9-8-16(27(28,29)30)12-19(17)35-24(38)26(2)10-3-4-11-33-26/h5-9,12-14,33H,3-4,10-11H2,1-2H3,(H,35,38)(H,34,36,37)/t26-/m0/s1. The van der Waals surface area contributed by atoms with Crippen LogP contribution in [0.4, 0.5) is 24.0 Å². The van der Waals surface area contributed by atoms with Crippen molar-refractivity contribution in [3.8, 4) is 22.9 Å². The third kappa shape index (κ3) is 5.89. The Kier molecular flexibility index (Phi) is 7.43. The van der Waals surface area contributed by atoms with Gasteiger partial charge < -0.3 is 20.7 Å². The summed E-state index contributed by atoms with van der Waals surface area (Å²) in [6, 6.07) is 9.85. The van der Waals surface area contributed by atoms with Crippen LogP contribution in [0.1, 0.15) is 38.7 Å². The summed E-state index contributed by atoms with van der Waals surface area (Å²) in [5.74, 6) is -0.199. The smallest absolute Gasteiger partial charge is 0.416 e. The number of fused-ring (bicyclic) bond motifs is 1. The number of nitrogens with zero attached hydrogens (tertiary/aromatic N) is 3. The Labute approximate surface area is 231 Å². The molecular weight excluding hydrogens is 545 g/mol. The Hall–Kier alpha value is -4.10. The lowest BCUT2D eigenvalue weighted by atomic mass is 9.90. The van der Waals surface area contributed by atoms with Crippen molar-refractivity contribution in [1.29, 1.82) is 0 Å². The number of halogens is 3. The predicted molar refractivity (Wildman–Crippen MR) is 145 cm³/mol. The van der Waals surface area contributed by atoms with Gasteiger partial charge in [0, 0.05) is 18.6 Å². The van der Waals surface area contributed by atoms with E-state index < -0.39 is 23.2 Å². The zero-order chi connectivity index (χ0) is 28.5. The zero-order valence-corrected chi connectivity index (χ0v) is 22.4. The van der Waals surface area contributed by atoms with Gasteiger partial charge in [0.1, 0.15) is 11.8 Å². The number of carbonyl (C=O) groups is 2. The number of amides is 2. The number of nitrogens with one attached hydrogen (secondary N) is 3. The molecule has 0 saturated carbocycles. The molecule has 2 aromatic carbocycles. The van der Waals surface area contributed by atoms with E-state index in [0.717, 1.165) is 29.7 Å². The van der Waals surface area contributed by atoms with Gasteiger partial charge in [0.15, 0.2) is 10.9 Å². The van der Waals surface area contributed by atoms with Gasteiger partial charge >= 0.3 is 6.18 Å². The molecule has 4 aromatic rings. The van der Waals surface area contributed by atoms with Gasteiger partial charge in [-0.05, 0) is 57.0 Å². The average molecular weight is 571 g/mol. The van der Waals surface area contributed by atoms with Gasteiger partial charge in [-0.1, -0.05) is 23.5 Å². The lowest BCUT2D eigenvalue weighted by Crippen LogP contribution is -2.54. The lowest BCUT2D eigenvalue weighted by Gasteiger charge is -2.33. The molecule has 5 rings (SSSR count). The fraction of sp³-hybridized carbons (Fsp3) is 0.296. The zero-order valence-electron chi connectivity index (χ0n) is 21.6. The number of aromatic nitrogens is 3. The molecule has 1 aliphatic heterocycles. The molecule has 0 radical (unpaired) electrons. The van der Waals surface area contributed by atoms with Gasteiger partial charge in [-0.3, -0.25) is 9.59 Å². The highest BCUT2D eigenvalue weighted by Crippen LogP contribution is 2.38. The normalized spacial score (nSPS) is 17.4. The van der Waals surface area contributed by atoms with E-state index in [-0.39, 0.29) is 28.7 Å². The van der Waals surface area contributed by atoms with Gasteiger partial charge in [0.25, 0.3) is 0 Å². The first-order chi connectivity index (χ1) is 19.0. The average Bonchev–Trinajstić information content (AvgIpc) is 3.31. The van der Waals surface area contributed by atoms with Gasteiger partial charge in [-0.15, -0.1) is 0 Å². The Balaban J connectivity index is 1.48. The molecule has 13 heteroatoms. The van der Waals surface area contributed by atoms with Crippen LogP contribution < -0.4 is 20.7 Å². The second kappa shape index (κ2) is 10.8. The summed E-state index contributed by atoms with van der Waals surface area (Å²) in [6.45, 7) is 3.77. The molecule has 0 aliphatic carbocycles. The van der Waals surface area contributed by atoms with Crippen molar-refractivity contribution in [2.24, 2.45) is 0 Å². The quantitative estimate of drug-likeness (QED) is 0.261. The minimum Gasteiger partial charge on any atom is -0.437 e. The first kappa shape index (κ1) is 27.5. The second-order valence-corrected chi connectivity index (χ2v) is 10.6. The van der Waals surface area contributed by atoms with E-state index in [1.807, 2.05) is 6.07 Å². The molecule has 1 fully saturated rings. The lowest BCUT2D eigenvalue weighted by molar-refractivity contribution is -0.137. The molecule has 3 heterocycles. The number of hydrogen-bond donors (Lipinski definition) is 3. The third-order valence-electron chi connectivity index (χ3n) is 6.51. The largest absolute Gasteiger partial charge is 0.437 e. The molecule has 1 atom stereocenters. The summed E-state index contributed by atoms with van der Waals surface area (Å²) in [4.78, 5) is 37.4. The highest BCUT2D eigenvalue weighted by molar-refractivity contribution is 7.22. The molecule has 0 bridgehead atoms. The maximum atomic E-state index is 13.6. The highest BCUT2D eigenvalue weighted by Gasteiger charge is 2.36. The van der Waals surface area contributed by atoms with E-state index >= 15 is 0 Å². The number of hydrogen-bond acceptors (Lipinski definition) is 8.